The van der Waals surface area contributed by atoms with Gasteiger partial charge in [0.15, 0.2) is 0 Å². The maximum Gasteiger partial charge on any atom is 0.249 e. The Hall–Kier alpha value is -1.17. The molecule has 0 heterocycles. The van der Waals surface area contributed by atoms with Crippen LogP contribution in [0.4, 0.5) is 0 Å². The van der Waals surface area contributed by atoms with Crippen LogP contribution in [0.1, 0.15) is 181 Å². The molecule has 5 heteroatoms. The molecule has 248 valence electrons. The van der Waals surface area contributed by atoms with Gasteiger partial charge in [0.2, 0.25) is 5.91 Å². The lowest BCUT2D eigenvalue weighted by atomic mass is 10.0. The molecule has 0 aliphatic rings. The highest BCUT2D eigenvalue weighted by Crippen LogP contribution is 2.14. The predicted octanol–water partition coefficient (Wildman–Crippen LogP) is 9.48. The third-order valence-corrected chi connectivity index (χ3v) is 8.29. The van der Waals surface area contributed by atoms with Gasteiger partial charge in [-0.25, -0.2) is 0 Å². The van der Waals surface area contributed by atoms with Crippen molar-refractivity contribution in [2.75, 3.05) is 6.61 Å². The van der Waals surface area contributed by atoms with Crippen LogP contribution in [0, 0.1) is 0 Å². The van der Waals surface area contributed by atoms with E-state index in [2.05, 4.69) is 31.3 Å². The number of carbonyl (C=O) groups excluding carboxylic acids is 1. The molecule has 0 saturated heterocycles. The third-order valence-electron chi connectivity index (χ3n) is 8.29. The molecule has 0 radical (unpaired) electrons. The first-order valence-electron chi connectivity index (χ1n) is 18.2. The Bertz CT molecular complexity index is 621. The smallest absolute Gasteiger partial charge is 0.249 e. The van der Waals surface area contributed by atoms with E-state index in [1.807, 2.05) is 6.08 Å². The number of hydrogen-bond donors (Lipinski definition) is 4. The van der Waals surface area contributed by atoms with Crippen molar-refractivity contribution in [1.82, 2.24) is 5.32 Å². The van der Waals surface area contributed by atoms with Crippen molar-refractivity contribution in [2.24, 2.45) is 0 Å². The minimum absolute atomic E-state index is 0.374. The van der Waals surface area contributed by atoms with E-state index in [1.54, 1.807) is 6.08 Å². The minimum atomic E-state index is -1.10. The van der Waals surface area contributed by atoms with E-state index in [-0.39, 0.29) is 6.61 Å². The molecule has 0 rings (SSSR count). The van der Waals surface area contributed by atoms with Crippen LogP contribution in [-0.2, 0) is 4.79 Å². The second-order valence-corrected chi connectivity index (χ2v) is 12.4. The molecular formula is C37H71NO4. The van der Waals surface area contributed by atoms with E-state index in [4.69, 9.17) is 0 Å². The number of aliphatic hydroxyl groups is 3. The SMILES string of the molecule is CCCCCCCCCCC/C=C/CC/C=C/C(O)C(CO)NC(=O)C(O)CCCCCCCCCCCCCCC. The van der Waals surface area contributed by atoms with Gasteiger partial charge in [-0.05, 0) is 32.1 Å². The van der Waals surface area contributed by atoms with Crippen molar-refractivity contribution in [3.05, 3.63) is 24.3 Å². The summed E-state index contributed by atoms with van der Waals surface area (Å²) in [6.45, 7) is 4.14. The van der Waals surface area contributed by atoms with Crippen LogP contribution in [0.5, 0.6) is 0 Å². The van der Waals surface area contributed by atoms with Crippen LogP contribution in [-0.4, -0.2) is 46.1 Å². The van der Waals surface area contributed by atoms with Gasteiger partial charge < -0.3 is 20.6 Å². The van der Waals surface area contributed by atoms with Gasteiger partial charge in [-0.15, -0.1) is 0 Å². The Morgan fingerprint density at radius 3 is 1.45 bits per heavy atom. The average Bonchev–Trinajstić information content (AvgIpc) is 2.99. The quantitative estimate of drug-likeness (QED) is 0.0462. The van der Waals surface area contributed by atoms with E-state index in [0.29, 0.717) is 6.42 Å². The molecule has 0 saturated carbocycles. The second-order valence-electron chi connectivity index (χ2n) is 12.4. The van der Waals surface area contributed by atoms with Gasteiger partial charge in [-0.2, -0.15) is 0 Å². The van der Waals surface area contributed by atoms with Gasteiger partial charge in [0, 0.05) is 0 Å². The van der Waals surface area contributed by atoms with Crippen molar-refractivity contribution in [2.45, 2.75) is 199 Å². The molecule has 4 N–H and O–H groups in total. The van der Waals surface area contributed by atoms with Crippen molar-refractivity contribution >= 4 is 5.91 Å². The topological polar surface area (TPSA) is 89.8 Å². The molecule has 1 amide bonds. The van der Waals surface area contributed by atoms with Gasteiger partial charge >= 0.3 is 0 Å². The normalized spacial score (nSPS) is 14.1. The van der Waals surface area contributed by atoms with Crippen molar-refractivity contribution in [3.63, 3.8) is 0 Å². The summed E-state index contributed by atoms with van der Waals surface area (Å²) in [7, 11) is 0. The van der Waals surface area contributed by atoms with Crippen molar-refractivity contribution in [1.29, 1.82) is 0 Å². The van der Waals surface area contributed by atoms with Crippen LogP contribution < -0.4 is 5.32 Å². The number of unbranched alkanes of at least 4 members (excludes halogenated alkanes) is 22. The van der Waals surface area contributed by atoms with Gasteiger partial charge in [0.1, 0.15) is 6.10 Å². The molecule has 0 spiro atoms. The third kappa shape index (κ3) is 27.7. The predicted molar refractivity (Wildman–Crippen MR) is 181 cm³/mol. The zero-order valence-electron chi connectivity index (χ0n) is 27.9. The van der Waals surface area contributed by atoms with E-state index in [1.165, 1.54) is 122 Å². The summed E-state index contributed by atoms with van der Waals surface area (Å²) in [5.74, 6) is -0.514. The molecule has 0 aromatic carbocycles. The molecule has 0 fully saturated rings. The Labute approximate surface area is 261 Å². The zero-order valence-corrected chi connectivity index (χ0v) is 27.9. The van der Waals surface area contributed by atoms with Crippen LogP contribution in [0.2, 0.25) is 0 Å². The van der Waals surface area contributed by atoms with Crippen molar-refractivity contribution < 1.29 is 20.1 Å². The second kappa shape index (κ2) is 32.7. The number of allylic oxidation sites excluding steroid dienone is 3. The highest BCUT2D eigenvalue weighted by molar-refractivity contribution is 5.80. The molecule has 0 aliphatic carbocycles. The largest absolute Gasteiger partial charge is 0.394 e. The summed E-state index contributed by atoms with van der Waals surface area (Å²) in [6.07, 6.45) is 37.6. The van der Waals surface area contributed by atoms with Crippen LogP contribution in [0.3, 0.4) is 0 Å². The van der Waals surface area contributed by atoms with E-state index >= 15 is 0 Å². The lowest BCUT2D eigenvalue weighted by molar-refractivity contribution is -0.131. The zero-order chi connectivity index (χ0) is 30.9. The van der Waals surface area contributed by atoms with E-state index in [9.17, 15) is 20.1 Å². The molecule has 0 bridgehead atoms. The fourth-order valence-corrected chi connectivity index (χ4v) is 5.38. The highest BCUT2D eigenvalue weighted by Gasteiger charge is 2.22. The first-order chi connectivity index (χ1) is 20.6. The Morgan fingerprint density at radius 2 is 0.976 bits per heavy atom. The van der Waals surface area contributed by atoms with Crippen LogP contribution >= 0.6 is 0 Å². The summed E-state index contributed by atoms with van der Waals surface area (Å²) >= 11 is 0. The lowest BCUT2D eigenvalue weighted by Gasteiger charge is -2.21. The first-order valence-corrected chi connectivity index (χ1v) is 18.2. The van der Waals surface area contributed by atoms with Crippen LogP contribution in [0.15, 0.2) is 24.3 Å². The van der Waals surface area contributed by atoms with Crippen LogP contribution in [0.25, 0.3) is 0 Å². The fraction of sp³-hybridized carbons (Fsp3) is 0.865. The first kappa shape index (κ1) is 40.8. The summed E-state index contributed by atoms with van der Waals surface area (Å²) in [6, 6.07) is -0.808. The molecule has 42 heavy (non-hydrogen) atoms. The monoisotopic (exact) mass is 594 g/mol. The minimum Gasteiger partial charge on any atom is -0.394 e. The van der Waals surface area contributed by atoms with Gasteiger partial charge in [-0.3, -0.25) is 4.79 Å². The number of carbonyl (C=O) groups is 1. The Morgan fingerprint density at radius 1 is 0.571 bits per heavy atom. The number of amides is 1. The maximum absolute atomic E-state index is 12.4. The molecule has 0 aliphatic heterocycles. The maximum atomic E-state index is 12.4. The molecule has 0 aromatic heterocycles. The summed E-state index contributed by atoms with van der Waals surface area (Å²) in [4.78, 5) is 12.4. The molecule has 3 atom stereocenters. The number of nitrogens with one attached hydrogen (secondary N) is 1. The Kier molecular flexibility index (Phi) is 31.8. The Balaban J connectivity index is 3.80. The molecule has 3 unspecified atom stereocenters. The molecule has 5 nitrogen and oxygen atoms in total. The number of hydrogen-bond acceptors (Lipinski definition) is 4. The molecule has 0 aromatic rings. The summed E-state index contributed by atoms with van der Waals surface area (Å²) < 4.78 is 0. The standard InChI is InChI=1S/C37H71NO4/c1-3-5-7-9-11-13-15-17-18-20-21-23-25-27-29-31-35(40)34(33-39)38-37(42)36(41)32-30-28-26-24-22-19-16-14-12-10-8-6-4-2/h21,23,29,31,34-36,39-41H,3-20,22,24-28,30,32-33H2,1-2H3,(H,38,42)/b23-21+,31-29+. The summed E-state index contributed by atoms with van der Waals surface area (Å²) in [5, 5.41) is 32.9. The average molecular weight is 594 g/mol. The van der Waals surface area contributed by atoms with Gasteiger partial charge in [-0.1, -0.05) is 173 Å². The van der Waals surface area contributed by atoms with Gasteiger partial charge in [0.25, 0.3) is 0 Å². The lowest BCUT2D eigenvalue weighted by Crippen LogP contribution is -2.48. The van der Waals surface area contributed by atoms with Gasteiger partial charge in [0.05, 0.1) is 18.8 Å². The van der Waals surface area contributed by atoms with Crippen molar-refractivity contribution in [3.8, 4) is 0 Å². The molecular weight excluding hydrogens is 522 g/mol. The van der Waals surface area contributed by atoms with E-state index in [0.717, 1.165) is 38.5 Å². The summed E-state index contributed by atoms with van der Waals surface area (Å²) in [5.41, 5.74) is 0. The number of rotatable bonds is 32. The van der Waals surface area contributed by atoms with E-state index < -0.39 is 24.2 Å². The highest BCUT2D eigenvalue weighted by atomic mass is 16.3. The number of aliphatic hydroxyl groups excluding tert-OH is 3. The fourth-order valence-electron chi connectivity index (χ4n) is 5.38.